The fourth-order valence-electron chi connectivity index (χ4n) is 2.79. The van der Waals surface area contributed by atoms with Gasteiger partial charge in [0.1, 0.15) is 0 Å². The van der Waals surface area contributed by atoms with Crippen molar-refractivity contribution in [1.29, 1.82) is 0 Å². The molecular formula is C16H18N2O5S2. The van der Waals surface area contributed by atoms with Crippen LogP contribution in [0.15, 0.2) is 28.5 Å². The molecule has 0 atom stereocenters. The highest BCUT2D eigenvalue weighted by molar-refractivity contribution is 7.89. The highest BCUT2D eigenvalue weighted by Gasteiger charge is 2.30. The van der Waals surface area contributed by atoms with Crippen molar-refractivity contribution >= 4 is 27.3 Å². The quantitative estimate of drug-likeness (QED) is 0.847. The van der Waals surface area contributed by atoms with Gasteiger partial charge in [-0.1, -0.05) is 0 Å². The Balaban J connectivity index is 1.92. The van der Waals surface area contributed by atoms with Gasteiger partial charge < -0.3 is 15.2 Å². The van der Waals surface area contributed by atoms with Crippen LogP contribution >= 0.6 is 11.3 Å². The molecule has 0 radical (unpaired) electrons. The minimum atomic E-state index is -3.69. The Kier molecular flexibility index (Phi) is 4.72. The molecule has 0 saturated heterocycles. The van der Waals surface area contributed by atoms with E-state index in [1.807, 2.05) is 6.07 Å². The van der Waals surface area contributed by atoms with Gasteiger partial charge >= 0.3 is 0 Å². The summed E-state index contributed by atoms with van der Waals surface area (Å²) in [4.78, 5) is 11.5. The topological polar surface area (TPSA) is 98.9 Å². The van der Waals surface area contributed by atoms with Crippen molar-refractivity contribution in [3.8, 4) is 11.5 Å². The van der Waals surface area contributed by atoms with Crippen molar-refractivity contribution in [3.05, 3.63) is 39.6 Å². The Hall–Kier alpha value is -2.10. The predicted octanol–water partition coefficient (Wildman–Crippen LogP) is 1.61. The van der Waals surface area contributed by atoms with Gasteiger partial charge in [-0.25, -0.2) is 8.42 Å². The van der Waals surface area contributed by atoms with E-state index in [4.69, 9.17) is 15.2 Å². The number of carbonyl (C=O) groups excluding carboxylic acids is 1. The van der Waals surface area contributed by atoms with E-state index in [0.717, 1.165) is 22.5 Å². The third-order valence-electron chi connectivity index (χ3n) is 4.14. The maximum atomic E-state index is 12.8. The molecule has 0 bridgehead atoms. The zero-order valence-electron chi connectivity index (χ0n) is 13.8. The number of thiophene rings is 1. The lowest BCUT2D eigenvalue weighted by Crippen LogP contribution is -2.35. The second kappa shape index (κ2) is 6.66. The molecule has 25 heavy (non-hydrogen) atoms. The Morgan fingerprint density at radius 1 is 1.16 bits per heavy atom. The van der Waals surface area contributed by atoms with Crippen LogP contribution in [0.5, 0.6) is 11.5 Å². The fraction of sp³-hybridized carbons (Fsp3) is 0.312. The lowest BCUT2D eigenvalue weighted by molar-refractivity contribution is 0.100. The molecule has 2 heterocycles. The second-order valence-corrected chi connectivity index (χ2v) is 8.42. The summed E-state index contributed by atoms with van der Waals surface area (Å²) in [6, 6.07) is 5.01. The van der Waals surface area contributed by atoms with Crippen LogP contribution in [0, 0.1) is 0 Å². The van der Waals surface area contributed by atoms with Gasteiger partial charge in [0.15, 0.2) is 11.5 Å². The first-order chi connectivity index (χ1) is 11.9. The zero-order chi connectivity index (χ0) is 18.2. The molecule has 3 rings (SSSR count). The largest absolute Gasteiger partial charge is 0.493 e. The summed E-state index contributed by atoms with van der Waals surface area (Å²) in [6.07, 6.45) is 0.571. The molecule has 0 saturated carbocycles. The van der Waals surface area contributed by atoms with Gasteiger partial charge in [-0.2, -0.15) is 4.31 Å². The van der Waals surface area contributed by atoms with Gasteiger partial charge in [0.25, 0.3) is 5.91 Å². The van der Waals surface area contributed by atoms with Gasteiger partial charge in [0.2, 0.25) is 10.0 Å². The SMILES string of the molecule is COc1cc2c(cc1OC)CN(S(=O)(=O)c1csc(C(N)=O)c1)CC2. The van der Waals surface area contributed by atoms with E-state index in [1.165, 1.54) is 22.9 Å². The number of nitrogens with zero attached hydrogens (tertiary/aromatic N) is 1. The third-order valence-corrected chi connectivity index (χ3v) is 7.06. The van der Waals surface area contributed by atoms with E-state index in [1.54, 1.807) is 13.2 Å². The number of sulfonamides is 1. The summed E-state index contributed by atoms with van der Waals surface area (Å²) in [5, 5.41) is 1.44. The summed E-state index contributed by atoms with van der Waals surface area (Å²) in [6.45, 7) is 0.590. The first-order valence-corrected chi connectivity index (χ1v) is 9.81. The highest BCUT2D eigenvalue weighted by atomic mass is 32.2. The molecule has 2 aromatic rings. The standard InChI is InChI=1S/C16H18N2O5S2/c1-22-13-5-10-3-4-18(8-11(10)6-14(13)23-2)25(20,21)12-7-15(16(17)19)24-9-12/h5-7,9H,3-4,8H2,1-2H3,(H2,17,19). The number of hydrogen-bond acceptors (Lipinski definition) is 6. The number of primary amides is 1. The second-order valence-electron chi connectivity index (χ2n) is 5.58. The molecule has 2 N–H and O–H groups in total. The van der Waals surface area contributed by atoms with E-state index in [0.29, 0.717) is 24.5 Å². The smallest absolute Gasteiger partial charge is 0.258 e. The minimum absolute atomic E-state index is 0.0928. The predicted molar refractivity (Wildman–Crippen MR) is 93.7 cm³/mol. The number of carbonyl (C=O) groups is 1. The van der Waals surface area contributed by atoms with Crippen LogP contribution in [-0.4, -0.2) is 39.4 Å². The summed E-state index contributed by atoms with van der Waals surface area (Å²) < 4.78 is 37.7. The van der Waals surface area contributed by atoms with Crippen molar-refractivity contribution in [3.63, 3.8) is 0 Å². The Bertz CT molecular complexity index is 921. The maximum Gasteiger partial charge on any atom is 0.258 e. The fourth-order valence-corrected chi connectivity index (χ4v) is 5.33. The van der Waals surface area contributed by atoms with Gasteiger partial charge in [0, 0.05) is 18.5 Å². The molecule has 0 aliphatic carbocycles. The minimum Gasteiger partial charge on any atom is -0.493 e. The van der Waals surface area contributed by atoms with Crippen LogP contribution in [0.3, 0.4) is 0 Å². The molecule has 0 spiro atoms. The van der Waals surface area contributed by atoms with Crippen molar-refractivity contribution < 1.29 is 22.7 Å². The average Bonchev–Trinajstić information content (AvgIpc) is 3.11. The first kappa shape index (κ1) is 17.7. The monoisotopic (exact) mass is 382 g/mol. The van der Waals surface area contributed by atoms with Crippen molar-refractivity contribution in [2.24, 2.45) is 5.73 Å². The van der Waals surface area contributed by atoms with Crippen LogP contribution in [0.2, 0.25) is 0 Å². The molecule has 134 valence electrons. The molecule has 1 aromatic heterocycles. The lowest BCUT2D eigenvalue weighted by atomic mass is 10.0. The van der Waals surface area contributed by atoms with Crippen molar-refractivity contribution in [2.75, 3.05) is 20.8 Å². The summed E-state index contributed by atoms with van der Waals surface area (Å²) in [5.41, 5.74) is 7.12. The zero-order valence-corrected chi connectivity index (χ0v) is 15.4. The molecule has 1 aliphatic rings. The third kappa shape index (κ3) is 3.22. The molecule has 0 unspecified atom stereocenters. The summed E-state index contributed by atoms with van der Waals surface area (Å²) >= 11 is 1.03. The Morgan fingerprint density at radius 2 is 1.80 bits per heavy atom. The molecule has 1 aliphatic heterocycles. The first-order valence-electron chi connectivity index (χ1n) is 7.49. The maximum absolute atomic E-state index is 12.8. The van der Waals surface area contributed by atoms with Crippen LogP contribution in [0.4, 0.5) is 0 Å². The van der Waals surface area contributed by atoms with Crippen LogP contribution in [0.1, 0.15) is 20.8 Å². The van der Waals surface area contributed by atoms with E-state index < -0.39 is 15.9 Å². The highest BCUT2D eigenvalue weighted by Crippen LogP contribution is 2.35. The average molecular weight is 382 g/mol. The van der Waals surface area contributed by atoms with E-state index in [-0.39, 0.29) is 16.3 Å². The molecule has 1 aromatic carbocycles. The number of amides is 1. The van der Waals surface area contributed by atoms with Crippen molar-refractivity contribution in [1.82, 2.24) is 4.31 Å². The van der Waals surface area contributed by atoms with Gasteiger partial charge in [-0.15, -0.1) is 11.3 Å². The number of nitrogens with two attached hydrogens (primary N) is 1. The lowest BCUT2D eigenvalue weighted by Gasteiger charge is -2.28. The van der Waals surface area contributed by atoms with E-state index in [9.17, 15) is 13.2 Å². The summed E-state index contributed by atoms with van der Waals surface area (Å²) in [5.74, 6) is 0.556. The number of rotatable bonds is 5. The van der Waals surface area contributed by atoms with Crippen LogP contribution in [-0.2, 0) is 23.0 Å². The molecule has 0 fully saturated rings. The number of hydrogen-bond donors (Lipinski definition) is 1. The van der Waals surface area contributed by atoms with Crippen LogP contribution in [0.25, 0.3) is 0 Å². The normalized spacial score (nSPS) is 14.8. The van der Waals surface area contributed by atoms with Crippen LogP contribution < -0.4 is 15.2 Å². The van der Waals surface area contributed by atoms with Gasteiger partial charge in [0.05, 0.1) is 24.0 Å². The molecular weight excluding hydrogens is 364 g/mol. The number of methoxy groups -OCH3 is 2. The Morgan fingerprint density at radius 3 is 2.36 bits per heavy atom. The Labute approximate surface area is 150 Å². The molecule has 1 amide bonds. The van der Waals surface area contributed by atoms with Gasteiger partial charge in [-0.05, 0) is 35.7 Å². The number of ether oxygens (including phenoxy) is 2. The number of benzene rings is 1. The van der Waals surface area contributed by atoms with Crippen molar-refractivity contribution in [2.45, 2.75) is 17.9 Å². The van der Waals surface area contributed by atoms with Gasteiger partial charge in [-0.3, -0.25) is 4.79 Å². The number of fused-ring (bicyclic) bond motifs is 1. The molecule has 7 nitrogen and oxygen atoms in total. The summed E-state index contributed by atoms with van der Waals surface area (Å²) in [7, 11) is -0.583. The van der Waals surface area contributed by atoms with E-state index in [2.05, 4.69) is 0 Å². The van der Waals surface area contributed by atoms with E-state index >= 15 is 0 Å². The molecule has 9 heteroatoms.